The van der Waals surface area contributed by atoms with Crippen molar-refractivity contribution in [1.82, 2.24) is 10.2 Å². The summed E-state index contributed by atoms with van der Waals surface area (Å²) >= 11 is 5.60. The van der Waals surface area contributed by atoms with Crippen molar-refractivity contribution in [3.8, 4) is 11.5 Å². The summed E-state index contributed by atoms with van der Waals surface area (Å²) in [5.41, 5.74) is 1.16. The highest BCUT2D eigenvalue weighted by molar-refractivity contribution is 6.31. The lowest BCUT2D eigenvalue weighted by Gasteiger charge is -2.11. The Morgan fingerprint density at radius 3 is 2.60 bits per heavy atom. The molecule has 130 valence electrons. The molecule has 0 atom stereocenters. The summed E-state index contributed by atoms with van der Waals surface area (Å²) in [6.07, 6.45) is -4.52. The Bertz CT molecular complexity index is 893. The lowest BCUT2D eigenvalue weighted by atomic mass is 10.1. The van der Waals surface area contributed by atoms with E-state index in [1.807, 2.05) is 31.2 Å². The van der Waals surface area contributed by atoms with Crippen LogP contribution in [0.1, 0.15) is 17.0 Å². The Morgan fingerprint density at radius 2 is 1.88 bits per heavy atom. The third-order valence-electron chi connectivity index (χ3n) is 3.56. The van der Waals surface area contributed by atoms with Gasteiger partial charge in [-0.1, -0.05) is 29.8 Å². The fraction of sp³-hybridized carbons (Fsp3) is 0.176. The number of hydrogen-bond donors (Lipinski definition) is 1. The molecule has 25 heavy (non-hydrogen) atoms. The molecule has 0 saturated heterocycles. The number of aromatic nitrogens is 2. The lowest BCUT2D eigenvalue weighted by molar-refractivity contribution is -0.137. The molecule has 2 aromatic carbocycles. The third kappa shape index (κ3) is 3.93. The highest BCUT2D eigenvalue weighted by atomic mass is 35.5. The quantitative estimate of drug-likeness (QED) is 0.677. The topological polar surface area (TPSA) is 51.0 Å². The number of alkyl halides is 3. The van der Waals surface area contributed by atoms with Gasteiger partial charge in [-0.05, 0) is 36.8 Å². The molecule has 0 spiro atoms. The molecular weight excluding hydrogens is 355 g/mol. The minimum Gasteiger partial charge on any atom is -0.419 e. The first-order chi connectivity index (χ1) is 11.8. The molecule has 1 aromatic heterocycles. The van der Waals surface area contributed by atoms with E-state index in [1.54, 1.807) is 0 Å². The van der Waals surface area contributed by atoms with Crippen LogP contribution in [0.25, 0.3) is 11.5 Å². The molecule has 0 aliphatic heterocycles. The monoisotopic (exact) mass is 367 g/mol. The highest BCUT2D eigenvalue weighted by Crippen LogP contribution is 2.36. The summed E-state index contributed by atoms with van der Waals surface area (Å²) in [6, 6.07) is 11.1. The second-order valence-electron chi connectivity index (χ2n) is 5.36. The Balaban J connectivity index is 1.74. The Labute approximate surface area is 146 Å². The molecule has 1 N–H and O–H groups in total. The fourth-order valence-electron chi connectivity index (χ4n) is 2.28. The van der Waals surface area contributed by atoms with Gasteiger partial charge < -0.3 is 9.73 Å². The summed E-state index contributed by atoms with van der Waals surface area (Å²) in [4.78, 5) is 0. The molecule has 0 radical (unpaired) electrons. The lowest BCUT2D eigenvalue weighted by Crippen LogP contribution is -2.07. The number of nitrogens with zero attached hydrogens (tertiary/aromatic N) is 2. The number of anilines is 1. The van der Waals surface area contributed by atoms with Gasteiger partial charge in [-0.15, -0.1) is 10.2 Å². The van der Waals surface area contributed by atoms with Crippen molar-refractivity contribution in [1.29, 1.82) is 0 Å². The van der Waals surface area contributed by atoms with Crippen LogP contribution in [0.3, 0.4) is 0 Å². The molecule has 0 bridgehead atoms. The van der Waals surface area contributed by atoms with Crippen LogP contribution in [0.4, 0.5) is 18.9 Å². The summed E-state index contributed by atoms with van der Waals surface area (Å²) in [5.74, 6) is 0.628. The van der Waals surface area contributed by atoms with Gasteiger partial charge in [0.2, 0.25) is 11.8 Å². The number of rotatable bonds is 4. The molecule has 0 aliphatic carbocycles. The van der Waals surface area contributed by atoms with Gasteiger partial charge in [0.15, 0.2) is 0 Å². The first-order valence-electron chi connectivity index (χ1n) is 7.33. The van der Waals surface area contributed by atoms with Gasteiger partial charge in [0.1, 0.15) is 0 Å². The van der Waals surface area contributed by atoms with Crippen LogP contribution in [0.2, 0.25) is 5.02 Å². The van der Waals surface area contributed by atoms with Crippen molar-refractivity contribution in [2.24, 2.45) is 0 Å². The van der Waals surface area contributed by atoms with Crippen LogP contribution in [0.5, 0.6) is 0 Å². The average molecular weight is 368 g/mol. The summed E-state index contributed by atoms with van der Waals surface area (Å²) in [7, 11) is 0. The molecule has 8 heteroatoms. The number of aryl methyl sites for hydroxylation is 1. The number of hydrogen-bond acceptors (Lipinski definition) is 4. The normalized spacial score (nSPS) is 11.6. The van der Waals surface area contributed by atoms with Gasteiger partial charge >= 0.3 is 6.18 Å². The second kappa shape index (κ2) is 6.76. The number of benzene rings is 2. The predicted molar refractivity (Wildman–Crippen MR) is 88.3 cm³/mol. The largest absolute Gasteiger partial charge is 0.419 e. The minimum atomic E-state index is -4.52. The van der Waals surface area contributed by atoms with E-state index in [0.29, 0.717) is 5.89 Å². The fourth-order valence-corrected chi connectivity index (χ4v) is 2.50. The summed E-state index contributed by atoms with van der Waals surface area (Å²) in [6.45, 7) is 2.02. The van der Waals surface area contributed by atoms with Crippen LogP contribution in [-0.2, 0) is 12.7 Å². The van der Waals surface area contributed by atoms with E-state index >= 15 is 0 Å². The molecule has 0 amide bonds. The van der Waals surface area contributed by atoms with Gasteiger partial charge in [0, 0.05) is 11.3 Å². The number of halogens is 4. The molecule has 0 fully saturated rings. The Morgan fingerprint density at radius 1 is 1.12 bits per heavy atom. The van der Waals surface area contributed by atoms with Crippen LogP contribution < -0.4 is 5.32 Å². The van der Waals surface area contributed by atoms with E-state index in [1.165, 1.54) is 12.1 Å². The van der Waals surface area contributed by atoms with Crippen LogP contribution in [-0.4, -0.2) is 10.2 Å². The van der Waals surface area contributed by atoms with Gasteiger partial charge in [0.25, 0.3) is 0 Å². The molecule has 0 saturated carbocycles. The molecule has 0 unspecified atom stereocenters. The van der Waals surface area contributed by atoms with Crippen LogP contribution in [0, 0.1) is 6.92 Å². The molecule has 4 nitrogen and oxygen atoms in total. The maximum Gasteiger partial charge on any atom is 0.417 e. The van der Waals surface area contributed by atoms with E-state index in [2.05, 4.69) is 15.5 Å². The summed E-state index contributed by atoms with van der Waals surface area (Å²) < 4.78 is 44.2. The van der Waals surface area contributed by atoms with Crippen molar-refractivity contribution in [3.63, 3.8) is 0 Å². The van der Waals surface area contributed by atoms with Crippen molar-refractivity contribution in [2.45, 2.75) is 19.6 Å². The maximum absolute atomic E-state index is 12.9. The van der Waals surface area contributed by atoms with E-state index in [4.69, 9.17) is 16.0 Å². The van der Waals surface area contributed by atoms with Crippen molar-refractivity contribution >= 4 is 17.3 Å². The zero-order valence-electron chi connectivity index (χ0n) is 13.1. The van der Waals surface area contributed by atoms with E-state index in [-0.39, 0.29) is 23.1 Å². The van der Waals surface area contributed by atoms with Gasteiger partial charge in [0.05, 0.1) is 17.1 Å². The average Bonchev–Trinajstić information content (AvgIpc) is 3.02. The minimum absolute atomic E-state index is 0.0951. The molecule has 0 aliphatic rings. The molecule has 3 rings (SSSR count). The molecular formula is C17H13ClF3N3O. The van der Waals surface area contributed by atoms with Crippen LogP contribution >= 0.6 is 11.6 Å². The van der Waals surface area contributed by atoms with Crippen molar-refractivity contribution in [3.05, 3.63) is 64.5 Å². The zero-order valence-corrected chi connectivity index (χ0v) is 13.8. The van der Waals surface area contributed by atoms with Crippen molar-refractivity contribution < 1.29 is 17.6 Å². The standard InChI is InChI=1S/C17H13ClF3N3O/c1-10-4-2-3-5-12(10)16-24-23-15(25-16)9-22-11-6-7-14(18)13(8-11)17(19,20)21/h2-8,22H,9H2,1H3. The van der Waals surface area contributed by atoms with Crippen LogP contribution in [0.15, 0.2) is 46.9 Å². The van der Waals surface area contributed by atoms with E-state index in [9.17, 15) is 13.2 Å². The first-order valence-corrected chi connectivity index (χ1v) is 7.71. The van der Waals surface area contributed by atoms with Gasteiger partial charge in [-0.2, -0.15) is 13.2 Å². The molecule has 3 aromatic rings. The van der Waals surface area contributed by atoms with E-state index in [0.717, 1.165) is 17.2 Å². The SMILES string of the molecule is Cc1ccccc1-c1nnc(CNc2ccc(Cl)c(C(F)(F)F)c2)o1. The van der Waals surface area contributed by atoms with Gasteiger partial charge in [-0.3, -0.25) is 0 Å². The Kier molecular flexibility index (Phi) is 4.67. The summed E-state index contributed by atoms with van der Waals surface area (Å²) in [5, 5.41) is 10.4. The Hall–Kier alpha value is -2.54. The number of nitrogens with one attached hydrogen (secondary N) is 1. The van der Waals surface area contributed by atoms with E-state index < -0.39 is 11.7 Å². The first kappa shape index (κ1) is 17.3. The molecule has 1 heterocycles. The second-order valence-corrected chi connectivity index (χ2v) is 5.77. The van der Waals surface area contributed by atoms with Crippen molar-refractivity contribution in [2.75, 3.05) is 5.32 Å². The predicted octanol–water partition coefficient (Wildman–Crippen LogP) is 5.33. The highest BCUT2D eigenvalue weighted by Gasteiger charge is 2.33. The smallest absolute Gasteiger partial charge is 0.417 e. The zero-order chi connectivity index (χ0) is 18.0. The third-order valence-corrected chi connectivity index (χ3v) is 3.89. The maximum atomic E-state index is 12.9. The van der Waals surface area contributed by atoms with Gasteiger partial charge in [-0.25, -0.2) is 0 Å².